The summed E-state index contributed by atoms with van der Waals surface area (Å²) in [5.74, 6) is 0.341. The maximum atomic E-state index is 9.91. The molecule has 1 aromatic rings. The summed E-state index contributed by atoms with van der Waals surface area (Å²) in [6.07, 6.45) is 2.43. The molecule has 4 heteroatoms. The van der Waals surface area contributed by atoms with Crippen molar-refractivity contribution in [2.24, 2.45) is 0 Å². The van der Waals surface area contributed by atoms with Gasteiger partial charge in [-0.3, -0.25) is 4.90 Å². The summed E-state index contributed by atoms with van der Waals surface area (Å²) in [5.41, 5.74) is 2.09. The fourth-order valence-electron chi connectivity index (χ4n) is 2.68. The second kappa shape index (κ2) is 6.89. The van der Waals surface area contributed by atoms with Crippen LogP contribution in [-0.4, -0.2) is 47.4 Å². The number of nitrogens with zero attached hydrogens (tertiary/aromatic N) is 1. The summed E-state index contributed by atoms with van der Waals surface area (Å²) in [6, 6.07) is 6.18. The van der Waals surface area contributed by atoms with Gasteiger partial charge in [-0.2, -0.15) is 0 Å². The van der Waals surface area contributed by atoms with Gasteiger partial charge in [-0.05, 0) is 32.4 Å². The van der Waals surface area contributed by atoms with Crippen LogP contribution in [0.2, 0.25) is 0 Å². The van der Waals surface area contributed by atoms with E-state index >= 15 is 0 Å². The molecule has 0 aromatic heterocycles. The van der Waals surface area contributed by atoms with Crippen molar-refractivity contribution < 1.29 is 10.2 Å². The van der Waals surface area contributed by atoms with Gasteiger partial charge in [0.1, 0.15) is 5.75 Å². The average molecular weight is 264 g/mol. The van der Waals surface area contributed by atoms with E-state index in [4.69, 9.17) is 0 Å². The molecule has 1 saturated heterocycles. The Bertz CT molecular complexity index is 403. The number of rotatable bonds is 6. The minimum atomic E-state index is 0.152. The van der Waals surface area contributed by atoms with Gasteiger partial charge in [0.15, 0.2) is 0 Å². The molecule has 1 aromatic carbocycles. The lowest BCUT2D eigenvalue weighted by Gasteiger charge is -2.25. The predicted octanol–water partition coefficient (Wildman–Crippen LogP) is 1.25. The number of hydrogen-bond donors (Lipinski definition) is 3. The zero-order valence-electron chi connectivity index (χ0n) is 11.6. The first-order valence-corrected chi connectivity index (χ1v) is 7.04. The molecule has 1 unspecified atom stereocenters. The molecule has 0 radical (unpaired) electrons. The minimum absolute atomic E-state index is 0.152. The third-order valence-corrected chi connectivity index (χ3v) is 3.69. The Morgan fingerprint density at radius 1 is 1.42 bits per heavy atom. The summed E-state index contributed by atoms with van der Waals surface area (Å²) in [7, 11) is 0. The third kappa shape index (κ3) is 4.20. The summed E-state index contributed by atoms with van der Waals surface area (Å²) >= 11 is 0. The fourth-order valence-corrected chi connectivity index (χ4v) is 2.68. The molecule has 0 aliphatic carbocycles. The van der Waals surface area contributed by atoms with Gasteiger partial charge in [-0.25, -0.2) is 0 Å². The normalized spacial score (nSPS) is 19.2. The maximum absolute atomic E-state index is 9.91. The lowest BCUT2D eigenvalue weighted by atomic mass is 10.1. The number of nitrogens with one attached hydrogen (secondary N) is 1. The van der Waals surface area contributed by atoms with Crippen LogP contribution in [0.15, 0.2) is 18.2 Å². The summed E-state index contributed by atoms with van der Waals surface area (Å²) < 4.78 is 0. The number of aromatic hydroxyl groups is 1. The van der Waals surface area contributed by atoms with Gasteiger partial charge in [0.25, 0.3) is 0 Å². The smallest absolute Gasteiger partial charge is 0.120 e. The van der Waals surface area contributed by atoms with Gasteiger partial charge in [0.05, 0.1) is 6.61 Å². The predicted molar refractivity (Wildman–Crippen MR) is 76.2 cm³/mol. The minimum Gasteiger partial charge on any atom is -0.508 e. The second-order valence-electron chi connectivity index (χ2n) is 5.38. The zero-order chi connectivity index (χ0) is 13.7. The Balaban J connectivity index is 2.00. The van der Waals surface area contributed by atoms with Crippen molar-refractivity contribution in [2.75, 3.05) is 26.2 Å². The molecule has 106 valence electrons. The Labute approximate surface area is 115 Å². The molecule has 3 N–H and O–H groups in total. The molecular weight excluding hydrogens is 240 g/mol. The largest absolute Gasteiger partial charge is 0.508 e. The number of aliphatic hydroxyl groups is 1. The molecular formula is C15H24N2O2. The number of phenolic OH excluding ortho intramolecular Hbond substituents is 1. The average Bonchev–Trinajstić information content (AvgIpc) is 2.87. The first-order valence-electron chi connectivity index (χ1n) is 7.04. The molecule has 0 bridgehead atoms. The van der Waals surface area contributed by atoms with E-state index in [9.17, 15) is 10.2 Å². The van der Waals surface area contributed by atoms with E-state index in [1.54, 1.807) is 6.07 Å². The molecule has 0 amide bonds. The molecule has 0 spiro atoms. The number of benzene rings is 1. The van der Waals surface area contributed by atoms with Gasteiger partial charge < -0.3 is 15.5 Å². The molecule has 1 heterocycles. The first kappa shape index (κ1) is 14.3. The zero-order valence-corrected chi connectivity index (χ0v) is 11.6. The highest BCUT2D eigenvalue weighted by molar-refractivity contribution is 5.35. The SMILES string of the molecule is Cc1ccc(O)c(CN(CCO)CC2CCCN2)c1. The van der Waals surface area contributed by atoms with Crippen LogP contribution in [-0.2, 0) is 6.54 Å². The molecule has 1 aliphatic heterocycles. The lowest BCUT2D eigenvalue weighted by Crippen LogP contribution is -2.38. The van der Waals surface area contributed by atoms with E-state index in [-0.39, 0.29) is 6.61 Å². The van der Waals surface area contributed by atoms with Crippen LogP contribution >= 0.6 is 0 Å². The van der Waals surface area contributed by atoms with Gasteiger partial charge >= 0.3 is 0 Å². The highest BCUT2D eigenvalue weighted by Crippen LogP contribution is 2.20. The summed E-state index contributed by atoms with van der Waals surface area (Å²) in [4.78, 5) is 2.21. The van der Waals surface area contributed by atoms with Crippen molar-refractivity contribution >= 4 is 0 Å². The lowest BCUT2D eigenvalue weighted by molar-refractivity contribution is 0.178. The third-order valence-electron chi connectivity index (χ3n) is 3.69. The van der Waals surface area contributed by atoms with Crippen LogP contribution < -0.4 is 5.32 Å². The van der Waals surface area contributed by atoms with E-state index in [0.29, 0.717) is 24.9 Å². The molecule has 0 saturated carbocycles. The number of aryl methyl sites for hydroxylation is 1. The van der Waals surface area contributed by atoms with Crippen molar-refractivity contribution in [3.8, 4) is 5.75 Å². The Hall–Kier alpha value is -1.10. The van der Waals surface area contributed by atoms with Gasteiger partial charge in [0.2, 0.25) is 0 Å². The topological polar surface area (TPSA) is 55.7 Å². The van der Waals surface area contributed by atoms with Crippen molar-refractivity contribution in [2.45, 2.75) is 32.4 Å². The van der Waals surface area contributed by atoms with E-state index < -0.39 is 0 Å². The maximum Gasteiger partial charge on any atom is 0.120 e. The fraction of sp³-hybridized carbons (Fsp3) is 0.600. The molecule has 4 nitrogen and oxygen atoms in total. The van der Waals surface area contributed by atoms with Gasteiger partial charge in [-0.1, -0.05) is 17.7 Å². The van der Waals surface area contributed by atoms with E-state index in [2.05, 4.69) is 10.2 Å². The van der Waals surface area contributed by atoms with Gasteiger partial charge in [-0.15, -0.1) is 0 Å². The number of aliphatic hydroxyl groups excluding tert-OH is 1. The van der Waals surface area contributed by atoms with E-state index in [1.165, 1.54) is 12.8 Å². The van der Waals surface area contributed by atoms with Crippen LogP contribution in [0.5, 0.6) is 5.75 Å². The monoisotopic (exact) mass is 264 g/mol. The van der Waals surface area contributed by atoms with Crippen molar-refractivity contribution in [1.29, 1.82) is 0 Å². The Morgan fingerprint density at radius 3 is 2.95 bits per heavy atom. The molecule has 2 rings (SSSR count). The van der Waals surface area contributed by atoms with Crippen molar-refractivity contribution in [3.05, 3.63) is 29.3 Å². The molecule has 19 heavy (non-hydrogen) atoms. The Kier molecular flexibility index (Phi) is 5.19. The van der Waals surface area contributed by atoms with E-state index in [0.717, 1.165) is 24.2 Å². The quantitative estimate of drug-likeness (QED) is 0.724. The van der Waals surface area contributed by atoms with Crippen LogP contribution in [0.3, 0.4) is 0 Å². The Morgan fingerprint density at radius 2 is 2.26 bits per heavy atom. The molecule has 1 aliphatic rings. The first-order chi connectivity index (χ1) is 9.19. The van der Waals surface area contributed by atoms with Crippen LogP contribution in [0.1, 0.15) is 24.0 Å². The number of hydrogen-bond acceptors (Lipinski definition) is 4. The summed E-state index contributed by atoms with van der Waals surface area (Å²) in [5, 5.41) is 22.6. The summed E-state index contributed by atoms with van der Waals surface area (Å²) in [6.45, 7) is 5.52. The van der Waals surface area contributed by atoms with Gasteiger partial charge in [0, 0.05) is 31.2 Å². The molecule has 1 fully saturated rings. The highest BCUT2D eigenvalue weighted by atomic mass is 16.3. The highest BCUT2D eigenvalue weighted by Gasteiger charge is 2.18. The van der Waals surface area contributed by atoms with Crippen molar-refractivity contribution in [1.82, 2.24) is 10.2 Å². The van der Waals surface area contributed by atoms with Crippen molar-refractivity contribution in [3.63, 3.8) is 0 Å². The standard InChI is InChI=1S/C15H24N2O2/c1-12-4-5-15(19)13(9-12)10-17(7-8-18)11-14-3-2-6-16-14/h4-5,9,14,16,18-19H,2-3,6-8,10-11H2,1H3. The second-order valence-corrected chi connectivity index (χ2v) is 5.38. The van der Waals surface area contributed by atoms with Crippen LogP contribution in [0, 0.1) is 6.92 Å². The van der Waals surface area contributed by atoms with Crippen LogP contribution in [0.4, 0.5) is 0 Å². The number of phenols is 1. The van der Waals surface area contributed by atoms with E-state index in [1.807, 2.05) is 19.1 Å². The molecule has 1 atom stereocenters. The van der Waals surface area contributed by atoms with Crippen LogP contribution in [0.25, 0.3) is 0 Å².